The molecule has 0 spiro atoms. The van der Waals surface area contributed by atoms with Crippen LogP contribution >= 0.6 is 0 Å². The van der Waals surface area contributed by atoms with E-state index in [1.807, 2.05) is 35.2 Å². The maximum atomic E-state index is 10.9. The van der Waals surface area contributed by atoms with Crippen molar-refractivity contribution in [1.29, 1.82) is 0 Å². The second kappa shape index (κ2) is 5.42. The lowest BCUT2D eigenvalue weighted by atomic mass is 10.1. The highest BCUT2D eigenvalue weighted by atomic mass is 16.4. The number of hydrogen-bond donors (Lipinski definition) is 1. The monoisotopic (exact) mass is 273 g/mol. The van der Waals surface area contributed by atoms with Crippen molar-refractivity contribution in [2.75, 3.05) is 13.1 Å². The van der Waals surface area contributed by atoms with Crippen molar-refractivity contribution in [2.45, 2.75) is 13.0 Å². The summed E-state index contributed by atoms with van der Waals surface area (Å²) in [5.74, 6) is -0.000933. The Morgan fingerprint density at radius 3 is 2.85 bits per heavy atom. The van der Waals surface area contributed by atoms with E-state index in [0.29, 0.717) is 31.3 Å². The van der Waals surface area contributed by atoms with Gasteiger partial charge in [-0.15, -0.1) is 10.2 Å². The minimum absolute atomic E-state index is 0.286. The lowest BCUT2D eigenvalue weighted by Gasteiger charge is -2.11. The van der Waals surface area contributed by atoms with Gasteiger partial charge in [0.25, 0.3) is 0 Å². The molecule has 0 amide bonds. The number of nitrogens with zero attached hydrogens (tertiary/aromatic N) is 3. The van der Waals surface area contributed by atoms with Crippen molar-refractivity contribution in [2.24, 2.45) is 5.92 Å². The zero-order valence-electron chi connectivity index (χ0n) is 10.9. The summed E-state index contributed by atoms with van der Waals surface area (Å²) in [6.07, 6.45) is 0.676. The Morgan fingerprint density at radius 2 is 2.15 bits per heavy atom. The molecule has 6 nitrogen and oxygen atoms in total. The Hall–Kier alpha value is -2.21. The standard InChI is InChI=1S/C14H15N3O3/c18-14(19)11-6-7-17(8-11)9-12-15-16-13(20-12)10-4-2-1-3-5-10/h1-5,11H,6-9H2,(H,18,19). The average Bonchev–Trinajstić information content (AvgIpc) is 3.10. The number of likely N-dealkylation sites (tertiary alicyclic amines) is 1. The number of aliphatic carboxylic acids is 1. The van der Waals surface area contributed by atoms with Gasteiger partial charge in [-0.2, -0.15) is 0 Å². The fourth-order valence-electron chi connectivity index (χ4n) is 2.38. The lowest BCUT2D eigenvalue weighted by molar-refractivity contribution is -0.141. The van der Waals surface area contributed by atoms with E-state index in [1.54, 1.807) is 0 Å². The Balaban J connectivity index is 1.65. The Bertz CT molecular complexity index is 597. The lowest BCUT2D eigenvalue weighted by Crippen LogP contribution is -2.22. The number of carboxylic acids is 1. The summed E-state index contributed by atoms with van der Waals surface area (Å²) in [6.45, 7) is 1.79. The molecule has 0 radical (unpaired) electrons. The van der Waals surface area contributed by atoms with Gasteiger partial charge < -0.3 is 9.52 Å². The summed E-state index contributed by atoms with van der Waals surface area (Å²) in [4.78, 5) is 12.9. The molecule has 0 bridgehead atoms. The van der Waals surface area contributed by atoms with Crippen molar-refractivity contribution >= 4 is 5.97 Å². The summed E-state index contributed by atoms with van der Waals surface area (Å²) in [7, 11) is 0. The van der Waals surface area contributed by atoms with Crippen molar-refractivity contribution in [1.82, 2.24) is 15.1 Å². The molecule has 2 heterocycles. The van der Waals surface area contributed by atoms with E-state index >= 15 is 0 Å². The Labute approximate surface area is 116 Å². The summed E-state index contributed by atoms with van der Waals surface area (Å²) in [6, 6.07) is 9.58. The minimum atomic E-state index is -0.733. The van der Waals surface area contributed by atoms with E-state index in [1.165, 1.54) is 0 Å². The van der Waals surface area contributed by atoms with Gasteiger partial charge in [0.05, 0.1) is 12.5 Å². The summed E-state index contributed by atoms with van der Waals surface area (Å²) >= 11 is 0. The molecule has 1 unspecified atom stereocenters. The minimum Gasteiger partial charge on any atom is -0.481 e. The van der Waals surface area contributed by atoms with Crippen LogP contribution in [0.5, 0.6) is 0 Å². The maximum Gasteiger partial charge on any atom is 0.307 e. The van der Waals surface area contributed by atoms with Gasteiger partial charge in [0.1, 0.15) is 0 Å². The molecule has 1 N–H and O–H groups in total. The van der Waals surface area contributed by atoms with Crippen LogP contribution in [0.2, 0.25) is 0 Å². The highest BCUT2D eigenvalue weighted by molar-refractivity contribution is 5.70. The van der Waals surface area contributed by atoms with Crippen molar-refractivity contribution in [3.63, 3.8) is 0 Å². The van der Waals surface area contributed by atoms with Crippen molar-refractivity contribution in [3.05, 3.63) is 36.2 Å². The van der Waals surface area contributed by atoms with Crippen LogP contribution in [-0.2, 0) is 11.3 Å². The molecule has 20 heavy (non-hydrogen) atoms. The molecule has 1 aromatic heterocycles. The maximum absolute atomic E-state index is 10.9. The third-order valence-corrected chi connectivity index (χ3v) is 3.47. The van der Waals surface area contributed by atoms with Gasteiger partial charge in [-0.05, 0) is 25.1 Å². The van der Waals surface area contributed by atoms with Gasteiger partial charge in [-0.1, -0.05) is 18.2 Å². The number of hydrogen-bond acceptors (Lipinski definition) is 5. The normalized spacial score (nSPS) is 19.3. The predicted molar refractivity (Wildman–Crippen MR) is 70.8 cm³/mol. The average molecular weight is 273 g/mol. The molecule has 1 aliphatic rings. The van der Waals surface area contributed by atoms with Crippen LogP contribution in [0.15, 0.2) is 34.7 Å². The summed E-state index contributed by atoms with van der Waals surface area (Å²) in [5.41, 5.74) is 0.885. The van der Waals surface area contributed by atoms with Crippen LogP contribution in [0.3, 0.4) is 0 Å². The second-order valence-electron chi connectivity index (χ2n) is 4.93. The first-order chi connectivity index (χ1) is 9.72. The van der Waals surface area contributed by atoms with E-state index in [9.17, 15) is 4.79 Å². The summed E-state index contributed by atoms with van der Waals surface area (Å²) < 4.78 is 5.62. The molecule has 0 saturated carbocycles. The van der Waals surface area contributed by atoms with Gasteiger partial charge in [0, 0.05) is 12.1 Å². The largest absolute Gasteiger partial charge is 0.481 e. The molecular weight excluding hydrogens is 258 g/mol. The molecule has 1 aliphatic heterocycles. The molecule has 1 aromatic carbocycles. The zero-order chi connectivity index (χ0) is 13.9. The first kappa shape index (κ1) is 12.8. The molecule has 2 aromatic rings. The van der Waals surface area contributed by atoms with E-state index < -0.39 is 5.97 Å². The van der Waals surface area contributed by atoms with Crippen LogP contribution in [0.25, 0.3) is 11.5 Å². The second-order valence-corrected chi connectivity index (χ2v) is 4.93. The quantitative estimate of drug-likeness (QED) is 0.912. The Kier molecular flexibility index (Phi) is 3.47. The zero-order valence-corrected chi connectivity index (χ0v) is 10.9. The molecule has 3 rings (SSSR count). The van der Waals surface area contributed by atoms with Crippen LogP contribution in [0.1, 0.15) is 12.3 Å². The molecule has 1 atom stereocenters. The third-order valence-electron chi connectivity index (χ3n) is 3.47. The van der Waals surface area contributed by atoms with Crippen molar-refractivity contribution < 1.29 is 14.3 Å². The van der Waals surface area contributed by atoms with Crippen molar-refractivity contribution in [3.8, 4) is 11.5 Å². The number of carboxylic acid groups (broad SMARTS) is 1. The predicted octanol–water partition coefficient (Wildman–Crippen LogP) is 1.64. The molecular formula is C14H15N3O3. The van der Waals surface area contributed by atoms with Gasteiger partial charge >= 0.3 is 5.97 Å². The topological polar surface area (TPSA) is 79.5 Å². The molecule has 1 fully saturated rings. The highest BCUT2D eigenvalue weighted by Crippen LogP contribution is 2.21. The van der Waals surface area contributed by atoms with E-state index in [-0.39, 0.29) is 5.92 Å². The molecule has 0 aliphatic carbocycles. The van der Waals surface area contributed by atoms with Crippen LogP contribution in [0.4, 0.5) is 0 Å². The number of carbonyl (C=O) groups is 1. The molecule has 6 heteroatoms. The smallest absolute Gasteiger partial charge is 0.307 e. The van der Waals surface area contributed by atoms with Crippen LogP contribution in [-0.4, -0.2) is 39.3 Å². The number of aromatic nitrogens is 2. The Morgan fingerprint density at radius 1 is 1.35 bits per heavy atom. The summed E-state index contributed by atoms with van der Waals surface area (Å²) in [5, 5.41) is 17.0. The van der Waals surface area contributed by atoms with Gasteiger partial charge in [0.2, 0.25) is 11.8 Å². The third kappa shape index (κ3) is 2.70. The first-order valence-corrected chi connectivity index (χ1v) is 6.55. The van der Waals surface area contributed by atoms with Crippen LogP contribution in [0, 0.1) is 5.92 Å². The molecule has 104 valence electrons. The fourth-order valence-corrected chi connectivity index (χ4v) is 2.38. The molecule has 1 saturated heterocycles. The van der Waals surface area contributed by atoms with Gasteiger partial charge in [-0.25, -0.2) is 0 Å². The van der Waals surface area contributed by atoms with Crippen LogP contribution < -0.4 is 0 Å². The number of rotatable bonds is 4. The SMILES string of the molecule is O=C(O)C1CCN(Cc2nnc(-c3ccccc3)o2)C1. The van der Waals surface area contributed by atoms with E-state index in [0.717, 1.165) is 12.1 Å². The number of benzene rings is 1. The first-order valence-electron chi connectivity index (χ1n) is 6.55. The fraction of sp³-hybridized carbons (Fsp3) is 0.357. The van der Waals surface area contributed by atoms with Gasteiger partial charge in [-0.3, -0.25) is 9.69 Å². The highest BCUT2D eigenvalue weighted by Gasteiger charge is 2.28. The van der Waals surface area contributed by atoms with Gasteiger partial charge in [0.15, 0.2) is 0 Å². The van der Waals surface area contributed by atoms with E-state index in [2.05, 4.69) is 10.2 Å². The van der Waals surface area contributed by atoms with E-state index in [4.69, 9.17) is 9.52 Å².